The molecule has 0 amide bonds. The van der Waals surface area contributed by atoms with E-state index in [1.165, 1.54) is 11.3 Å². The van der Waals surface area contributed by atoms with Crippen LogP contribution in [0.2, 0.25) is 5.02 Å². The van der Waals surface area contributed by atoms with Gasteiger partial charge in [0.1, 0.15) is 5.01 Å². The predicted octanol–water partition coefficient (Wildman–Crippen LogP) is 2.71. The Morgan fingerprint density at radius 1 is 1.32 bits per heavy atom. The lowest BCUT2D eigenvalue weighted by atomic mass is 10.2. The summed E-state index contributed by atoms with van der Waals surface area (Å²) in [6, 6.07) is 6.83. The maximum atomic E-state index is 12.1. The van der Waals surface area contributed by atoms with Crippen molar-refractivity contribution in [2.75, 3.05) is 17.9 Å². The molecule has 0 radical (unpaired) electrons. The summed E-state index contributed by atoms with van der Waals surface area (Å²) in [5.41, 5.74) is 0.540. The monoisotopic (exact) mass is 361 g/mol. The van der Waals surface area contributed by atoms with Crippen LogP contribution in [0.3, 0.4) is 0 Å². The molecule has 120 valence electrons. The second-order valence-corrected chi connectivity index (χ2v) is 7.59. The van der Waals surface area contributed by atoms with Crippen LogP contribution in [0.4, 0.5) is 5.13 Å². The van der Waals surface area contributed by atoms with Crippen LogP contribution in [0.25, 0.3) is 0 Å². The molecule has 0 bridgehead atoms. The summed E-state index contributed by atoms with van der Waals surface area (Å²) in [6.07, 6.45) is 0.609. The molecule has 9 heteroatoms. The number of sulfonamides is 1. The number of anilines is 1. The zero-order chi connectivity index (χ0) is 16.0. The highest BCUT2D eigenvalue weighted by Crippen LogP contribution is 2.21. The van der Waals surface area contributed by atoms with Gasteiger partial charge in [-0.2, -0.15) is 0 Å². The Labute approximate surface area is 138 Å². The number of aromatic nitrogens is 2. The molecule has 0 aliphatic rings. The molecule has 0 spiro atoms. The number of hydrogen-bond acceptors (Lipinski definition) is 6. The lowest BCUT2D eigenvalue weighted by Crippen LogP contribution is -2.15. The Morgan fingerprint density at radius 2 is 2.09 bits per heavy atom. The topological polar surface area (TPSA) is 81.2 Å². The van der Waals surface area contributed by atoms with E-state index >= 15 is 0 Å². The SMILES string of the molecule is CCOCCc1nnc(NS(=O)(=O)Cc2ccccc2Cl)s1. The zero-order valence-corrected chi connectivity index (χ0v) is 14.3. The van der Waals surface area contributed by atoms with Crippen LogP contribution >= 0.6 is 22.9 Å². The van der Waals surface area contributed by atoms with Crippen LogP contribution in [-0.4, -0.2) is 31.8 Å². The van der Waals surface area contributed by atoms with Gasteiger partial charge in [-0.3, -0.25) is 4.72 Å². The molecule has 6 nitrogen and oxygen atoms in total. The van der Waals surface area contributed by atoms with E-state index in [1.54, 1.807) is 24.3 Å². The fourth-order valence-electron chi connectivity index (χ4n) is 1.69. The first-order valence-electron chi connectivity index (χ1n) is 6.64. The maximum absolute atomic E-state index is 12.1. The van der Waals surface area contributed by atoms with Crippen LogP contribution < -0.4 is 4.72 Å². The van der Waals surface area contributed by atoms with Gasteiger partial charge >= 0.3 is 0 Å². The standard InChI is InChI=1S/C13H16ClN3O3S2/c1-2-20-8-7-12-15-16-13(21-12)17-22(18,19)9-10-5-3-4-6-11(10)14/h3-6H,2,7-9H2,1H3,(H,16,17). The van der Waals surface area contributed by atoms with Crippen molar-refractivity contribution < 1.29 is 13.2 Å². The number of halogens is 1. The van der Waals surface area contributed by atoms with Gasteiger partial charge in [-0.15, -0.1) is 10.2 Å². The number of rotatable bonds is 8. The van der Waals surface area contributed by atoms with Crippen molar-refractivity contribution in [3.8, 4) is 0 Å². The van der Waals surface area contributed by atoms with Gasteiger partial charge in [0.25, 0.3) is 0 Å². The van der Waals surface area contributed by atoms with Crippen LogP contribution in [-0.2, 0) is 26.9 Å². The Balaban J connectivity index is 1.98. The lowest BCUT2D eigenvalue weighted by molar-refractivity contribution is 0.150. The fraction of sp³-hybridized carbons (Fsp3) is 0.385. The lowest BCUT2D eigenvalue weighted by Gasteiger charge is -2.06. The first-order valence-corrected chi connectivity index (χ1v) is 9.49. The highest BCUT2D eigenvalue weighted by molar-refractivity contribution is 7.92. The van der Waals surface area contributed by atoms with E-state index < -0.39 is 10.0 Å². The Kier molecular flexibility index (Phi) is 6.13. The van der Waals surface area contributed by atoms with Crippen molar-refractivity contribution in [3.63, 3.8) is 0 Å². The molecule has 0 fully saturated rings. The quantitative estimate of drug-likeness (QED) is 0.731. The molecular weight excluding hydrogens is 346 g/mol. The van der Waals surface area contributed by atoms with E-state index in [4.69, 9.17) is 16.3 Å². The molecule has 1 N–H and O–H groups in total. The highest BCUT2D eigenvalue weighted by Gasteiger charge is 2.16. The molecule has 22 heavy (non-hydrogen) atoms. The molecule has 0 unspecified atom stereocenters. The summed E-state index contributed by atoms with van der Waals surface area (Å²) in [4.78, 5) is 0. The summed E-state index contributed by atoms with van der Waals surface area (Å²) in [5.74, 6) is -0.208. The largest absolute Gasteiger partial charge is 0.381 e. The molecular formula is C13H16ClN3O3S2. The van der Waals surface area contributed by atoms with Gasteiger partial charge in [0.05, 0.1) is 12.4 Å². The van der Waals surface area contributed by atoms with Gasteiger partial charge in [-0.05, 0) is 18.6 Å². The minimum absolute atomic E-state index is 0.208. The van der Waals surface area contributed by atoms with Crippen LogP contribution in [0.1, 0.15) is 17.5 Å². The summed E-state index contributed by atoms with van der Waals surface area (Å²) in [6.45, 7) is 3.09. The Hall–Kier alpha value is -1.22. The van der Waals surface area contributed by atoms with E-state index in [0.717, 1.165) is 5.01 Å². The molecule has 0 aliphatic carbocycles. The van der Waals surface area contributed by atoms with Crippen molar-refractivity contribution in [1.29, 1.82) is 0 Å². The van der Waals surface area contributed by atoms with Crippen molar-refractivity contribution in [2.24, 2.45) is 0 Å². The minimum atomic E-state index is -3.58. The van der Waals surface area contributed by atoms with Gasteiger partial charge in [0.15, 0.2) is 0 Å². The highest BCUT2D eigenvalue weighted by atomic mass is 35.5. The molecule has 1 aromatic carbocycles. The molecule has 0 aliphatic heterocycles. The third-order valence-electron chi connectivity index (χ3n) is 2.68. The van der Waals surface area contributed by atoms with E-state index in [-0.39, 0.29) is 10.9 Å². The first-order chi connectivity index (χ1) is 10.5. The van der Waals surface area contributed by atoms with Gasteiger partial charge in [-0.1, -0.05) is 41.1 Å². The number of nitrogens with one attached hydrogen (secondary N) is 1. The van der Waals surface area contributed by atoms with Gasteiger partial charge in [0.2, 0.25) is 15.2 Å². The summed E-state index contributed by atoms with van der Waals surface area (Å²) < 4.78 is 31.9. The number of ether oxygens (including phenoxy) is 1. The third kappa shape index (κ3) is 5.20. The van der Waals surface area contributed by atoms with Gasteiger partial charge in [-0.25, -0.2) is 8.42 Å². The third-order valence-corrected chi connectivity index (χ3v) is 5.27. The summed E-state index contributed by atoms with van der Waals surface area (Å²) in [7, 11) is -3.58. The van der Waals surface area contributed by atoms with E-state index in [2.05, 4.69) is 14.9 Å². The van der Waals surface area contributed by atoms with Crippen molar-refractivity contribution in [1.82, 2.24) is 10.2 Å². The van der Waals surface area contributed by atoms with Gasteiger partial charge < -0.3 is 4.74 Å². The minimum Gasteiger partial charge on any atom is -0.381 e. The van der Waals surface area contributed by atoms with Gasteiger partial charge in [0, 0.05) is 18.1 Å². The smallest absolute Gasteiger partial charge is 0.238 e. The number of hydrogen-bond donors (Lipinski definition) is 1. The van der Waals surface area contributed by atoms with Crippen LogP contribution in [0.15, 0.2) is 24.3 Å². The van der Waals surface area contributed by atoms with E-state index in [0.29, 0.717) is 30.2 Å². The molecule has 0 saturated carbocycles. The average Bonchev–Trinajstić information content (AvgIpc) is 2.88. The first kappa shape index (κ1) is 17.1. The Bertz CT molecular complexity index is 719. The Morgan fingerprint density at radius 3 is 2.82 bits per heavy atom. The molecule has 2 rings (SSSR count). The normalized spacial score (nSPS) is 11.5. The average molecular weight is 362 g/mol. The number of benzene rings is 1. The molecule has 2 aromatic rings. The van der Waals surface area contributed by atoms with Crippen molar-refractivity contribution in [2.45, 2.75) is 19.1 Å². The van der Waals surface area contributed by atoms with Crippen molar-refractivity contribution in [3.05, 3.63) is 39.9 Å². The molecule has 1 aromatic heterocycles. The maximum Gasteiger partial charge on any atom is 0.238 e. The van der Waals surface area contributed by atoms with E-state index in [9.17, 15) is 8.42 Å². The second kappa shape index (κ2) is 7.87. The summed E-state index contributed by atoms with van der Waals surface area (Å²) in [5, 5.41) is 9.16. The second-order valence-electron chi connectivity index (χ2n) is 4.40. The molecule has 0 saturated heterocycles. The van der Waals surface area contributed by atoms with E-state index in [1.807, 2.05) is 6.92 Å². The van der Waals surface area contributed by atoms with Crippen LogP contribution in [0, 0.1) is 0 Å². The molecule has 1 heterocycles. The fourth-order valence-corrected chi connectivity index (χ4v) is 4.13. The summed E-state index contributed by atoms with van der Waals surface area (Å²) >= 11 is 7.18. The van der Waals surface area contributed by atoms with Crippen LogP contribution in [0.5, 0.6) is 0 Å². The van der Waals surface area contributed by atoms with Crippen molar-refractivity contribution >= 4 is 38.1 Å². The number of nitrogens with zero attached hydrogens (tertiary/aromatic N) is 2. The molecule has 0 atom stereocenters. The zero-order valence-electron chi connectivity index (χ0n) is 12.0. The predicted molar refractivity (Wildman–Crippen MR) is 87.8 cm³/mol.